The van der Waals surface area contributed by atoms with Gasteiger partial charge in [0.1, 0.15) is 34.8 Å². The van der Waals surface area contributed by atoms with E-state index in [9.17, 15) is 22.8 Å². The number of rotatable bonds is 10. The molecular formula is C30H37N3O8S. The van der Waals surface area contributed by atoms with Crippen LogP contribution in [0, 0.1) is 5.92 Å². The smallest absolute Gasteiger partial charge is 0.411 e. The van der Waals surface area contributed by atoms with E-state index in [1.165, 1.54) is 4.90 Å². The number of hydrogen-bond acceptors (Lipinski definition) is 9. The van der Waals surface area contributed by atoms with Gasteiger partial charge in [-0.25, -0.2) is 18.2 Å². The van der Waals surface area contributed by atoms with E-state index in [1.807, 2.05) is 18.2 Å². The van der Waals surface area contributed by atoms with E-state index in [0.717, 1.165) is 5.39 Å². The fourth-order valence-electron chi connectivity index (χ4n) is 5.42. The van der Waals surface area contributed by atoms with Crippen molar-refractivity contribution in [2.24, 2.45) is 5.92 Å². The molecule has 2 amide bonds. The summed E-state index contributed by atoms with van der Waals surface area (Å²) < 4.78 is 42.4. The second-order valence-corrected chi connectivity index (χ2v) is 14.5. The maximum absolute atomic E-state index is 13.8. The molecule has 0 radical (unpaired) electrons. The lowest BCUT2D eigenvalue weighted by Gasteiger charge is -2.29. The molecule has 1 unspecified atom stereocenters. The van der Waals surface area contributed by atoms with Crippen LogP contribution in [0.3, 0.4) is 0 Å². The number of ketones is 1. The van der Waals surface area contributed by atoms with Crippen molar-refractivity contribution >= 4 is 38.4 Å². The highest BCUT2D eigenvalue weighted by molar-refractivity contribution is 7.93. The summed E-state index contributed by atoms with van der Waals surface area (Å²) in [7, 11) is -2.02. The van der Waals surface area contributed by atoms with Gasteiger partial charge in [0.05, 0.1) is 18.9 Å². The van der Waals surface area contributed by atoms with Gasteiger partial charge in [-0.2, -0.15) is 0 Å². The average Bonchev–Trinajstić information content (AvgIpc) is 3.84. The van der Waals surface area contributed by atoms with Crippen molar-refractivity contribution in [3.63, 3.8) is 0 Å². The SMILES string of the molecule is C=C[C@@H]1C[C@]1(NC(=O)C1C[C@@H](Oc2nccc3ccc(OC)cc23)CN1C(=O)OC(C)(C)C)C(=O)CS(=O)(=O)C1CC1. The van der Waals surface area contributed by atoms with Gasteiger partial charge in [0.15, 0.2) is 15.6 Å². The highest BCUT2D eigenvalue weighted by Gasteiger charge is 2.61. The molecule has 226 valence electrons. The first kappa shape index (κ1) is 29.8. The molecule has 0 spiro atoms. The van der Waals surface area contributed by atoms with Crippen molar-refractivity contribution in [2.45, 2.75) is 75.0 Å². The Hall–Kier alpha value is -3.67. The number of pyridine rings is 1. The van der Waals surface area contributed by atoms with Crippen molar-refractivity contribution in [2.75, 3.05) is 19.4 Å². The molecule has 1 aromatic carbocycles. The fourth-order valence-corrected chi connectivity index (χ4v) is 7.13. The molecule has 1 aliphatic heterocycles. The van der Waals surface area contributed by atoms with Crippen molar-refractivity contribution in [3.05, 3.63) is 43.1 Å². The predicted octanol–water partition coefficient (Wildman–Crippen LogP) is 3.21. The molecule has 1 saturated heterocycles. The number of hydrogen-bond donors (Lipinski definition) is 1. The van der Waals surface area contributed by atoms with E-state index in [2.05, 4.69) is 16.9 Å². The molecule has 2 heterocycles. The Morgan fingerprint density at radius 3 is 2.57 bits per heavy atom. The number of methoxy groups -OCH3 is 1. The Morgan fingerprint density at radius 1 is 1.21 bits per heavy atom. The minimum atomic E-state index is -3.58. The summed E-state index contributed by atoms with van der Waals surface area (Å²) in [5.41, 5.74) is -2.18. The lowest BCUT2D eigenvalue weighted by Crippen LogP contribution is -2.54. The Kier molecular flexibility index (Phi) is 7.71. The van der Waals surface area contributed by atoms with Gasteiger partial charge < -0.3 is 19.5 Å². The molecule has 11 nitrogen and oxygen atoms in total. The standard InChI is InChI=1S/C30H37N3O8S/c1-6-19-15-30(19,25(34)17-42(37,38)22-9-10-22)32-26(35)24-14-21(16-33(24)28(36)41-29(2,3)4)40-27-23-13-20(39-5)8-7-18(23)11-12-31-27/h6-8,11-13,19,21-22,24H,1,9-10,14-17H2,2-5H3,(H,32,35)/t19-,21-,24?,30-/m1/s1. The summed E-state index contributed by atoms with van der Waals surface area (Å²) in [6.07, 6.45) is 3.30. The molecule has 4 atom stereocenters. The number of carbonyl (C=O) groups excluding carboxylic acids is 3. The van der Waals surface area contributed by atoms with Crippen molar-refractivity contribution < 1.29 is 37.0 Å². The van der Waals surface area contributed by atoms with Gasteiger partial charge in [0.25, 0.3) is 0 Å². The first-order chi connectivity index (χ1) is 19.8. The third kappa shape index (κ3) is 6.08. The van der Waals surface area contributed by atoms with Crippen LogP contribution in [-0.2, 0) is 24.2 Å². The van der Waals surface area contributed by atoms with Gasteiger partial charge in [-0.05, 0) is 63.6 Å². The normalized spacial score (nSPS) is 25.5. The van der Waals surface area contributed by atoms with E-state index >= 15 is 0 Å². The van der Waals surface area contributed by atoms with Crippen LogP contribution in [0.4, 0.5) is 4.79 Å². The fraction of sp³-hybridized carbons (Fsp3) is 0.533. The van der Waals surface area contributed by atoms with E-state index < -0.39 is 67.8 Å². The van der Waals surface area contributed by atoms with Gasteiger partial charge in [0.2, 0.25) is 11.8 Å². The van der Waals surface area contributed by atoms with Crippen LogP contribution in [0.2, 0.25) is 0 Å². The second-order valence-electron chi connectivity index (χ2n) is 12.3. The summed E-state index contributed by atoms with van der Waals surface area (Å²) in [6.45, 7) is 8.97. The summed E-state index contributed by atoms with van der Waals surface area (Å²) in [4.78, 5) is 46.0. The summed E-state index contributed by atoms with van der Waals surface area (Å²) >= 11 is 0. The Balaban J connectivity index is 1.38. The number of sulfone groups is 1. The topological polar surface area (TPSA) is 141 Å². The summed E-state index contributed by atoms with van der Waals surface area (Å²) in [5.74, 6) is -1.23. The number of nitrogens with one attached hydrogen (secondary N) is 1. The van der Waals surface area contributed by atoms with Crippen LogP contribution in [0.5, 0.6) is 11.6 Å². The van der Waals surface area contributed by atoms with Crippen molar-refractivity contribution in [1.29, 1.82) is 0 Å². The predicted molar refractivity (Wildman–Crippen MR) is 155 cm³/mol. The maximum atomic E-state index is 13.8. The summed E-state index contributed by atoms with van der Waals surface area (Å²) in [5, 5.41) is 3.90. The first-order valence-corrected chi connectivity index (χ1v) is 15.8. The molecule has 0 bridgehead atoms. The number of benzene rings is 1. The molecule has 12 heteroatoms. The molecule has 1 N–H and O–H groups in total. The third-order valence-electron chi connectivity index (χ3n) is 7.92. The number of fused-ring (bicyclic) bond motifs is 1. The van der Waals surface area contributed by atoms with Gasteiger partial charge in [0, 0.05) is 23.9 Å². The van der Waals surface area contributed by atoms with Crippen LogP contribution < -0.4 is 14.8 Å². The van der Waals surface area contributed by atoms with Crippen LogP contribution >= 0.6 is 0 Å². The zero-order chi connectivity index (χ0) is 30.4. The zero-order valence-corrected chi connectivity index (χ0v) is 25.1. The quantitative estimate of drug-likeness (QED) is 0.408. The van der Waals surface area contributed by atoms with E-state index in [-0.39, 0.29) is 19.4 Å². The van der Waals surface area contributed by atoms with Gasteiger partial charge in [-0.15, -0.1) is 6.58 Å². The Morgan fingerprint density at radius 2 is 1.95 bits per heavy atom. The van der Waals surface area contributed by atoms with E-state index in [4.69, 9.17) is 14.2 Å². The first-order valence-electron chi connectivity index (χ1n) is 14.0. The Bertz CT molecular complexity index is 1530. The number of amides is 2. The third-order valence-corrected chi connectivity index (χ3v) is 10.1. The highest BCUT2D eigenvalue weighted by Crippen LogP contribution is 2.46. The van der Waals surface area contributed by atoms with Crippen LogP contribution in [0.1, 0.15) is 46.5 Å². The molecule has 3 aliphatic rings. The minimum Gasteiger partial charge on any atom is -0.497 e. The van der Waals surface area contributed by atoms with Gasteiger partial charge >= 0.3 is 6.09 Å². The molecule has 3 fully saturated rings. The number of nitrogens with zero attached hydrogens (tertiary/aromatic N) is 2. The molecule has 42 heavy (non-hydrogen) atoms. The van der Waals surface area contributed by atoms with Crippen molar-refractivity contribution in [3.8, 4) is 11.6 Å². The van der Waals surface area contributed by atoms with Crippen LogP contribution in [0.15, 0.2) is 43.1 Å². The monoisotopic (exact) mass is 599 g/mol. The molecular weight excluding hydrogens is 562 g/mol. The van der Waals surface area contributed by atoms with Crippen LogP contribution in [-0.4, -0.2) is 84.0 Å². The largest absolute Gasteiger partial charge is 0.497 e. The van der Waals surface area contributed by atoms with Crippen LogP contribution in [0.25, 0.3) is 10.8 Å². The van der Waals surface area contributed by atoms with Gasteiger partial charge in [-0.3, -0.25) is 14.5 Å². The number of aromatic nitrogens is 1. The lowest BCUT2D eigenvalue weighted by molar-refractivity contribution is -0.130. The zero-order valence-electron chi connectivity index (χ0n) is 24.3. The van der Waals surface area contributed by atoms with Crippen molar-refractivity contribution in [1.82, 2.24) is 15.2 Å². The number of ether oxygens (including phenoxy) is 3. The summed E-state index contributed by atoms with van der Waals surface area (Å²) in [6, 6.07) is 6.33. The second kappa shape index (κ2) is 10.9. The van der Waals surface area contributed by atoms with E-state index in [1.54, 1.807) is 46.2 Å². The molecule has 2 aromatic rings. The maximum Gasteiger partial charge on any atom is 0.411 e. The average molecular weight is 600 g/mol. The number of likely N-dealkylation sites (tertiary alicyclic amines) is 1. The number of Topliss-reactive ketones (excluding diaryl/α,β-unsaturated/α-hetero) is 1. The van der Waals surface area contributed by atoms with Gasteiger partial charge in [-0.1, -0.05) is 12.1 Å². The molecule has 1 aromatic heterocycles. The number of carbonyl (C=O) groups is 3. The van der Waals surface area contributed by atoms with E-state index in [0.29, 0.717) is 29.9 Å². The minimum absolute atomic E-state index is 0.0386. The molecule has 2 saturated carbocycles. The Labute approximate surface area is 245 Å². The lowest BCUT2D eigenvalue weighted by atomic mass is 10.1. The molecule has 2 aliphatic carbocycles. The molecule has 5 rings (SSSR count). The highest BCUT2D eigenvalue weighted by atomic mass is 32.2.